The lowest BCUT2D eigenvalue weighted by molar-refractivity contribution is 0.0699. The van der Waals surface area contributed by atoms with E-state index in [1.807, 2.05) is 17.0 Å². The summed E-state index contributed by atoms with van der Waals surface area (Å²) in [5.74, 6) is 1.24. The van der Waals surface area contributed by atoms with Gasteiger partial charge in [0.1, 0.15) is 5.75 Å². The third-order valence-corrected chi connectivity index (χ3v) is 4.65. The highest BCUT2D eigenvalue weighted by atomic mass is 16.5. The van der Waals surface area contributed by atoms with E-state index in [0.717, 1.165) is 36.8 Å². The van der Waals surface area contributed by atoms with Crippen LogP contribution in [0.25, 0.3) is 10.9 Å². The van der Waals surface area contributed by atoms with E-state index in [0.29, 0.717) is 17.2 Å². The zero-order valence-electron chi connectivity index (χ0n) is 13.8. The zero-order chi connectivity index (χ0) is 16.6. The van der Waals surface area contributed by atoms with Crippen LogP contribution in [0.2, 0.25) is 0 Å². The Hall–Kier alpha value is -2.30. The largest absolute Gasteiger partial charge is 0.497 e. The van der Waals surface area contributed by atoms with Gasteiger partial charge in [0.25, 0.3) is 5.91 Å². The summed E-state index contributed by atoms with van der Waals surface area (Å²) < 4.78 is 6.80. The molecule has 5 nitrogen and oxygen atoms in total. The SMILES string of the molecule is COc1ccc2c(c1)c(C(=O)N1CCC(C)CC1)cn2C(C)=O. The topological polar surface area (TPSA) is 51.5 Å². The van der Waals surface area contributed by atoms with Gasteiger partial charge in [0.15, 0.2) is 0 Å². The van der Waals surface area contributed by atoms with Gasteiger partial charge in [-0.2, -0.15) is 0 Å². The summed E-state index contributed by atoms with van der Waals surface area (Å²) >= 11 is 0. The van der Waals surface area contributed by atoms with E-state index in [2.05, 4.69) is 6.92 Å². The van der Waals surface area contributed by atoms with Crippen molar-refractivity contribution in [1.82, 2.24) is 9.47 Å². The van der Waals surface area contributed by atoms with Gasteiger partial charge in [-0.1, -0.05) is 6.92 Å². The van der Waals surface area contributed by atoms with Crippen LogP contribution >= 0.6 is 0 Å². The van der Waals surface area contributed by atoms with Crippen molar-refractivity contribution in [2.24, 2.45) is 5.92 Å². The molecule has 1 aliphatic rings. The van der Waals surface area contributed by atoms with E-state index >= 15 is 0 Å². The molecule has 3 rings (SSSR count). The molecule has 0 radical (unpaired) electrons. The first-order valence-corrected chi connectivity index (χ1v) is 8.00. The molecule has 0 spiro atoms. The van der Waals surface area contributed by atoms with E-state index in [1.54, 1.807) is 19.4 Å². The smallest absolute Gasteiger partial charge is 0.256 e. The van der Waals surface area contributed by atoms with Crippen LogP contribution in [0.5, 0.6) is 5.75 Å². The van der Waals surface area contributed by atoms with E-state index in [9.17, 15) is 9.59 Å². The summed E-state index contributed by atoms with van der Waals surface area (Å²) in [5, 5.41) is 0.767. The number of benzene rings is 1. The minimum Gasteiger partial charge on any atom is -0.497 e. The number of rotatable bonds is 2. The predicted octanol–water partition coefficient (Wildman–Crippen LogP) is 3.18. The van der Waals surface area contributed by atoms with Gasteiger partial charge in [0.2, 0.25) is 5.91 Å². The fraction of sp³-hybridized carbons (Fsp3) is 0.444. The molecule has 1 aromatic heterocycles. The molecular formula is C18H22N2O3. The summed E-state index contributed by atoms with van der Waals surface area (Å²) in [5.41, 5.74) is 1.32. The van der Waals surface area contributed by atoms with E-state index < -0.39 is 0 Å². The molecule has 0 bridgehead atoms. The number of hydrogen-bond acceptors (Lipinski definition) is 3. The van der Waals surface area contributed by atoms with Gasteiger partial charge in [-0.15, -0.1) is 0 Å². The molecule has 122 valence electrons. The normalized spacial score (nSPS) is 15.9. The summed E-state index contributed by atoms with van der Waals surface area (Å²) in [7, 11) is 1.59. The maximum atomic E-state index is 12.9. The quantitative estimate of drug-likeness (QED) is 0.855. The number of hydrogen-bond donors (Lipinski definition) is 0. The monoisotopic (exact) mass is 314 g/mol. The Balaban J connectivity index is 2.05. The van der Waals surface area contributed by atoms with Gasteiger partial charge in [-0.3, -0.25) is 14.2 Å². The predicted molar refractivity (Wildman–Crippen MR) is 89.1 cm³/mol. The molecule has 2 aromatic rings. The lowest BCUT2D eigenvalue weighted by Crippen LogP contribution is -2.37. The number of likely N-dealkylation sites (tertiary alicyclic amines) is 1. The number of ether oxygens (including phenoxy) is 1. The minimum atomic E-state index is -0.105. The molecule has 2 heterocycles. The second kappa shape index (κ2) is 6.07. The molecule has 1 amide bonds. The van der Waals surface area contributed by atoms with Crippen LogP contribution in [0, 0.1) is 5.92 Å². The molecule has 23 heavy (non-hydrogen) atoms. The Bertz CT molecular complexity index is 755. The van der Waals surface area contributed by atoms with E-state index in [-0.39, 0.29) is 11.8 Å². The molecule has 0 N–H and O–H groups in total. The Morgan fingerprint density at radius 2 is 1.91 bits per heavy atom. The van der Waals surface area contributed by atoms with Crippen LogP contribution in [0.4, 0.5) is 0 Å². The van der Waals surface area contributed by atoms with E-state index in [1.165, 1.54) is 11.5 Å². The Morgan fingerprint density at radius 1 is 1.22 bits per heavy atom. The fourth-order valence-electron chi connectivity index (χ4n) is 3.15. The highest BCUT2D eigenvalue weighted by molar-refractivity contribution is 6.09. The summed E-state index contributed by atoms with van der Waals surface area (Å²) in [6, 6.07) is 5.46. The number of methoxy groups -OCH3 is 1. The zero-order valence-corrected chi connectivity index (χ0v) is 13.8. The first-order chi connectivity index (χ1) is 11.0. The molecule has 1 fully saturated rings. The van der Waals surface area contributed by atoms with Gasteiger partial charge in [0, 0.05) is 31.6 Å². The highest BCUT2D eigenvalue weighted by Crippen LogP contribution is 2.28. The van der Waals surface area contributed by atoms with Crippen molar-refractivity contribution in [2.45, 2.75) is 26.7 Å². The van der Waals surface area contributed by atoms with Crippen molar-refractivity contribution < 1.29 is 14.3 Å². The highest BCUT2D eigenvalue weighted by Gasteiger charge is 2.25. The number of carbonyl (C=O) groups is 2. The Morgan fingerprint density at radius 3 is 2.52 bits per heavy atom. The maximum absolute atomic E-state index is 12.9. The Kier molecular flexibility index (Phi) is 4.11. The summed E-state index contributed by atoms with van der Waals surface area (Å²) in [4.78, 5) is 26.7. The van der Waals surface area contributed by atoms with Crippen molar-refractivity contribution in [2.75, 3.05) is 20.2 Å². The van der Waals surface area contributed by atoms with E-state index in [4.69, 9.17) is 4.74 Å². The standard InChI is InChI=1S/C18H22N2O3/c1-12-6-8-19(9-7-12)18(22)16-11-20(13(2)21)17-5-4-14(23-3)10-15(16)17/h4-5,10-12H,6-9H2,1-3H3. The van der Waals surface area contributed by atoms with Crippen LogP contribution in [0.15, 0.2) is 24.4 Å². The number of amides is 1. The summed E-state index contributed by atoms with van der Waals surface area (Å²) in [6.45, 7) is 5.27. The first-order valence-electron chi connectivity index (χ1n) is 8.00. The number of carbonyl (C=O) groups excluding carboxylic acids is 2. The molecule has 1 aromatic carbocycles. The second-order valence-corrected chi connectivity index (χ2v) is 6.29. The van der Waals surface area contributed by atoms with Crippen LogP contribution in [0.1, 0.15) is 41.8 Å². The van der Waals surface area contributed by atoms with Gasteiger partial charge < -0.3 is 9.64 Å². The van der Waals surface area contributed by atoms with Gasteiger partial charge in [-0.25, -0.2) is 0 Å². The molecule has 0 saturated carbocycles. The van der Waals surface area contributed by atoms with Gasteiger partial charge >= 0.3 is 0 Å². The van der Waals surface area contributed by atoms with Gasteiger partial charge in [-0.05, 0) is 37.0 Å². The molecule has 1 aliphatic heterocycles. The molecule has 0 atom stereocenters. The molecule has 0 unspecified atom stereocenters. The number of fused-ring (bicyclic) bond motifs is 1. The second-order valence-electron chi connectivity index (χ2n) is 6.29. The van der Waals surface area contributed by atoms with Crippen molar-refractivity contribution in [1.29, 1.82) is 0 Å². The van der Waals surface area contributed by atoms with Crippen molar-refractivity contribution in [3.63, 3.8) is 0 Å². The van der Waals surface area contributed by atoms with Gasteiger partial charge in [0.05, 0.1) is 18.2 Å². The van der Waals surface area contributed by atoms with Crippen molar-refractivity contribution in [3.05, 3.63) is 30.0 Å². The average molecular weight is 314 g/mol. The first kappa shape index (κ1) is 15.6. The molecule has 0 aliphatic carbocycles. The average Bonchev–Trinajstić information content (AvgIpc) is 2.93. The molecule has 1 saturated heterocycles. The number of aromatic nitrogens is 1. The Labute approximate surface area is 135 Å². The summed E-state index contributed by atoms with van der Waals surface area (Å²) in [6.07, 6.45) is 3.72. The molecule has 5 heteroatoms. The van der Waals surface area contributed by atoms with Crippen molar-refractivity contribution in [3.8, 4) is 5.75 Å². The third-order valence-electron chi connectivity index (χ3n) is 4.65. The maximum Gasteiger partial charge on any atom is 0.256 e. The van der Waals surface area contributed by atoms with Crippen molar-refractivity contribution >= 4 is 22.7 Å². The lowest BCUT2D eigenvalue weighted by Gasteiger charge is -2.30. The van der Waals surface area contributed by atoms with Crippen LogP contribution < -0.4 is 4.74 Å². The van der Waals surface area contributed by atoms with Crippen LogP contribution in [0.3, 0.4) is 0 Å². The fourth-order valence-corrected chi connectivity index (χ4v) is 3.15. The van der Waals surface area contributed by atoms with Crippen LogP contribution in [-0.4, -0.2) is 41.5 Å². The third kappa shape index (κ3) is 2.83. The van der Waals surface area contributed by atoms with Crippen LogP contribution in [-0.2, 0) is 0 Å². The number of nitrogens with zero attached hydrogens (tertiary/aromatic N) is 2. The molecular weight excluding hydrogens is 292 g/mol. The lowest BCUT2D eigenvalue weighted by atomic mass is 9.98. The number of piperidine rings is 1. The minimum absolute atomic E-state index is 0.00449.